The molecule has 122 valence electrons. The molecule has 0 bridgehead atoms. The zero-order valence-electron chi connectivity index (χ0n) is 13.2. The molecular formula is C16H16N6O2. The molecule has 8 heteroatoms. The summed E-state index contributed by atoms with van der Waals surface area (Å²) in [5.74, 6) is -0.324. The lowest BCUT2D eigenvalue weighted by atomic mass is 10.2. The maximum Gasteiger partial charge on any atom is 0.347 e. The molecule has 0 aliphatic rings. The smallest absolute Gasteiger partial charge is 0.347 e. The van der Waals surface area contributed by atoms with Gasteiger partial charge in [0.05, 0.1) is 5.69 Å². The summed E-state index contributed by atoms with van der Waals surface area (Å²) in [4.78, 5) is 30.0. The maximum absolute atomic E-state index is 12.4. The minimum Gasteiger partial charge on any atom is -0.378 e. The van der Waals surface area contributed by atoms with Crippen LogP contribution in [0.5, 0.6) is 0 Å². The Labute approximate surface area is 137 Å². The fourth-order valence-corrected chi connectivity index (χ4v) is 2.18. The van der Waals surface area contributed by atoms with Crippen molar-refractivity contribution in [1.82, 2.24) is 19.7 Å². The van der Waals surface area contributed by atoms with Crippen LogP contribution in [0.2, 0.25) is 0 Å². The zero-order chi connectivity index (χ0) is 17.1. The van der Waals surface area contributed by atoms with Gasteiger partial charge in [-0.15, -0.1) is 0 Å². The molecular weight excluding hydrogens is 308 g/mol. The Hall–Kier alpha value is -3.42. The first kappa shape index (κ1) is 15.5. The van der Waals surface area contributed by atoms with Crippen LogP contribution >= 0.6 is 0 Å². The number of H-pyrrole nitrogens is 1. The van der Waals surface area contributed by atoms with Crippen LogP contribution in [0.1, 0.15) is 10.5 Å². The lowest BCUT2D eigenvalue weighted by Gasteiger charge is -2.13. The van der Waals surface area contributed by atoms with Gasteiger partial charge in [0.25, 0.3) is 5.91 Å². The van der Waals surface area contributed by atoms with E-state index in [2.05, 4.69) is 20.5 Å². The van der Waals surface area contributed by atoms with Crippen LogP contribution in [0.4, 0.5) is 11.4 Å². The molecule has 2 N–H and O–H groups in total. The van der Waals surface area contributed by atoms with Crippen LogP contribution in [0.25, 0.3) is 5.69 Å². The van der Waals surface area contributed by atoms with Crippen molar-refractivity contribution in [3.05, 3.63) is 65.1 Å². The highest BCUT2D eigenvalue weighted by Gasteiger charge is 2.10. The van der Waals surface area contributed by atoms with E-state index in [4.69, 9.17) is 0 Å². The summed E-state index contributed by atoms with van der Waals surface area (Å²) in [6.45, 7) is 0. The Bertz CT molecular complexity index is 928. The second-order valence-corrected chi connectivity index (χ2v) is 5.33. The van der Waals surface area contributed by atoms with Gasteiger partial charge in [-0.2, -0.15) is 5.10 Å². The monoisotopic (exact) mass is 324 g/mol. The van der Waals surface area contributed by atoms with Crippen LogP contribution in [0.15, 0.2) is 53.7 Å². The van der Waals surface area contributed by atoms with Crippen molar-refractivity contribution >= 4 is 17.3 Å². The van der Waals surface area contributed by atoms with E-state index in [0.29, 0.717) is 17.1 Å². The Morgan fingerprint density at radius 1 is 1.25 bits per heavy atom. The predicted molar refractivity (Wildman–Crippen MR) is 90.7 cm³/mol. The minimum absolute atomic E-state index is 0.312. The van der Waals surface area contributed by atoms with Gasteiger partial charge >= 0.3 is 5.69 Å². The largest absolute Gasteiger partial charge is 0.378 e. The normalized spacial score (nSPS) is 10.4. The zero-order valence-corrected chi connectivity index (χ0v) is 13.2. The van der Waals surface area contributed by atoms with E-state index in [1.165, 1.54) is 10.9 Å². The molecule has 0 spiro atoms. The van der Waals surface area contributed by atoms with Crippen LogP contribution in [-0.2, 0) is 0 Å². The van der Waals surface area contributed by atoms with Gasteiger partial charge in [-0.1, -0.05) is 6.07 Å². The van der Waals surface area contributed by atoms with E-state index in [-0.39, 0.29) is 11.6 Å². The highest BCUT2D eigenvalue weighted by atomic mass is 16.2. The summed E-state index contributed by atoms with van der Waals surface area (Å²) in [6.07, 6.45) is 2.97. The molecule has 3 aromatic rings. The average Bonchev–Trinajstić information content (AvgIpc) is 3.01. The molecule has 0 atom stereocenters. The number of rotatable bonds is 4. The number of carbonyl (C=O) groups excluding carboxylic acids is 1. The molecule has 2 heterocycles. The molecule has 0 aliphatic heterocycles. The standard InChI is InChI=1S/C16H16N6O2/c1-21(2)12-6-7-17-14(9-12)15(23)19-11-4-3-5-13(8-11)22-10-18-20-16(22)24/h3-10H,1-2H3,(H,19,23)(H,20,24). The summed E-state index contributed by atoms with van der Waals surface area (Å²) in [5.41, 5.74) is 2.00. The van der Waals surface area contributed by atoms with E-state index < -0.39 is 0 Å². The van der Waals surface area contributed by atoms with Crippen molar-refractivity contribution in [2.45, 2.75) is 0 Å². The van der Waals surface area contributed by atoms with Crippen LogP contribution in [0.3, 0.4) is 0 Å². The van der Waals surface area contributed by atoms with Crippen molar-refractivity contribution in [2.24, 2.45) is 0 Å². The first-order valence-corrected chi connectivity index (χ1v) is 7.22. The first-order chi connectivity index (χ1) is 11.5. The van der Waals surface area contributed by atoms with E-state index in [9.17, 15) is 9.59 Å². The molecule has 0 radical (unpaired) electrons. The number of aromatic amines is 1. The van der Waals surface area contributed by atoms with Crippen molar-refractivity contribution in [3.63, 3.8) is 0 Å². The molecule has 1 aromatic carbocycles. The van der Waals surface area contributed by atoms with Gasteiger partial charge in [-0.05, 0) is 30.3 Å². The van der Waals surface area contributed by atoms with Gasteiger partial charge in [0.2, 0.25) is 0 Å². The Balaban J connectivity index is 1.84. The fraction of sp³-hybridized carbons (Fsp3) is 0.125. The maximum atomic E-state index is 12.4. The molecule has 8 nitrogen and oxygen atoms in total. The van der Waals surface area contributed by atoms with Gasteiger partial charge in [0, 0.05) is 31.7 Å². The number of anilines is 2. The van der Waals surface area contributed by atoms with Crippen molar-refractivity contribution in [2.75, 3.05) is 24.3 Å². The van der Waals surface area contributed by atoms with Crippen LogP contribution in [-0.4, -0.2) is 39.8 Å². The number of pyridine rings is 1. The summed E-state index contributed by atoms with van der Waals surface area (Å²) in [6, 6.07) is 10.4. The Morgan fingerprint density at radius 2 is 2.08 bits per heavy atom. The third-order valence-corrected chi connectivity index (χ3v) is 3.43. The summed E-state index contributed by atoms with van der Waals surface area (Å²) >= 11 is 0. The molecule has 24 heavy (non-hydrogen) atoms. The summed E-state index contributed by atoms with van der Waals surface area (Å²) in [5, 5.41) is 8.79. The molecule has 0 fully saturated rings. The van der Waals surface area contributed by atoms with Gasteiger partial charge in [0.15, 0.2) is 0 Å². The highest BCUT2D eigenvalue weighted by molar-refractivity contribution is 6.03. The number of aromatic nitrogens is 4. The van der Waals surface area contributed by atoms with Crippen molar-refractivity contribution in [3.8, 4) is 5.69 Å². The molecule has 0 aliphatic carbocycles. The van der Waals surface area contributed by atoms with E-state index >= 15 is 0 Å². The quantitative estimate of drug-likeness (QED) is 0.753. The van der Waals surface area contributed by atoms with E-state index in [1.54, 1.807) is 36.5 Å². The minimum atomic E-state index is -0.348. The number of hydrogen-bond donors (Lipinski definition) is 2. The van der Waals surface area contributed by atoms with Crippen LogP contribution < -0.4 is 15.9 Å². The molecule has 2 aromatic heterocycles. The molecule has 0 unspecified atom stereocenters. The number of amides is 1. The lowest BCUT2D eigenvalue weighted by Crippen LogP contribution is -2.17. The van der Waals surface area contributed by atoms with Gasteiger partial charge in [0.1, 0.15) is 12.0 Å². The topological polar surface area (TPSA) is 95.9 Å². The van der Waals surface area contributed by atoms with Crippen molar-refractivity contribution < 1.29 is 4.79 Å². The lowest BCUT2D eigenvalue weighted by molar-refractivity contribution is 0.102. The van der Waals surface area contributed by atoms with Gasteiger partial charge in [-0.3, -0.25) is 9.78 Å². The summed E-state index contributed by atoms with van der Waals surface area (Å²) in [7, 11) is 3.78. The SMILES string of the molecule is CN(C)c1ccnc(C(=O)Nc2cccc(-n3cn[nH]c3=O)c2)c1. The van der Waals surface area contributed by atoms with Crippen molar-refractivity contribution in [1.29, 1.82) is 0 Å². The average molecular weight is 324 g/mol. The van der Waals surface area contributed by atoms with Gasteiger partial charge < -0.3 is 10.2 Å². The Kier molecular flexibility index (Phi) is 4.11. The fourth-order valence-electron chi connectivity index (χ4n) is 2.18. The number of hydrogen-bond acceptors (Lipinski definition) is 5. The third kappa shape index (κ3) is 3.17. The number of nitrogens with zero attached hydrogens (tertiary/aromatic N) is 4. The second kappa shape index (κ2) is 6.37. The second-order valence-electron chi connectivity index (χ2n) is 5.33. The number of benzene rings is 1. The highest BCUT2D eigenvalue weighted by Crippen LogP contribution is 2.16. The third-order valence-electron chi connectivity index (χ3n) is 3.43. The van der Waals surface area contributed by atoms with Crippen LogP contribution in [0, 0.1) is 0 Å². The first-order valence-electron chi connectivity index (χ1n) is 7.22. The summed E-state index contributed by atoms with van der Waals surface area (Å²) < 4.78 is 1.35. The number of carbonyl (C=O) groups is 1. The predicted octanol–water partition coefficient (Wildman–Crippen LogP) is 1.27. The van der Waals surface area contributed by atoms with Gasteiger partial charge in [-0.25, -0.2) is 14.5 Å². The molecule has 0 saturated heterocycles. The van der Waals surface area contributed by atoms with E-state index in [0.717, 1.165) is 5.69 Å². The number of nitrogens with one attached hydrogen (secondary N) is 2. The molecule has 3 rings (SSSR count). The molecule has 1 amide bonds. The Morgan fingerprint density at radius 3 is 2.79 bits per heavy atom. The molecule has 0 saturated carbocycles. The van der Waals surface area contributed by atoms with E-state index in [1.807, 2.05) is 25.1 Å².